The number of benzene rings is 4. The number of carbonyl (C=O) groups excluding carboxylic acids is 3. The van der Waals surface area contributed by atoms with Gasteiger partial charge in [-0.3, -0.25) is 19.3 Å². The van der Waals surface area contributed by atoms with Crippen molar-refractivity contribution in [3.05, 3.63) is 118 Å². The number of aryl methyl sites for hydroxylation is 2. The van der Waals surface area contributed by atoms with Crippen LogP contribution in [-0.2, 0) is 17.6 Å². The van der Waals surface area contributed by atoms with Gasteiger partial charge in [-0.15, -0.1) is 0 Å². The zero-order chi connectivity index (χ0) is 26.1. The third kappa shape index (κ3) is 4.38. The maximum Gasteiger partial charge on any atom is 0.261 e. The van der Waals surface area contributed by atoms with Crippen molar-refractivity contribution in [2.75, 3.05) is 6.54 Å². The molecule has 0 bridgehead atoms. The molecule has 5 heteroatoms. The molecule has 0 spiro atoms. The van der Waals surface area contributed by atoms with Gasteiger partial charge in [-0.25, -0.2) is 0 Å². The lowest BCUT2D eigenvalue weighted by Gasteiger charge is -2.22. The monoisotopic (exact) mass is 502 g/mol. The van der Waals surface area contributed by atoms with Gasteiger partial charge >= 0.3 is 0 Å². The van der Waals surface area contributed by atoms with Gasteiger partial charge in [0.1, 0.15) is 0 Å². The first-order chi connectivity index (χ1) is 18.6. The number of rotatable bonds is 9. The van der Waals surface area contributed by atoms with Gasteiger partial charge < -0.3 is 5.32 Å². The highest BCUT2D eigenvalue weighted by Gasteiger charge is 2.34. The van der Waals surface area contributed by atoms with Crippen LogP contribution in [0.25, 0.3) is 10.8 Å². The van der Waals surface area contributed by atoms with E-state index in [1.807, 2.05) is 18.2 Å². The summed E-state index contributed by atoms with van der Waals surface area (Å²) in [5.41, 5.74) is 5.91. The summed E-state index contributed by atoms with van der Waals surface area (Å²) in [6.07, 6.45) is 4.67. The first-order valence-electron chi connectivity index (χ1n) is 13.4. The SMILES string of the molecule is O=C(CCCCCN1C(=O)c2ccccc2C1=O)N[C@@H](c1ccccc1)c1ccc2c3c(cccc13)CC2. The van der Waals surface area contributed by atoms with Crippen molar-refractivity contribution in [2.24, 2.45) is 0 Å². The van der Waals surface area contributed by atoms with Crippen molar-refractivity contribution in [2.45, 2.75) is 44.6 Å². The van der Waals surface area contributed by atoms with Gasteiger partial charge in [0.2, 0.25) is 5.91 Å². The number of nitrogens with one attached hydrogen (secondary N) is 1. The second-order valence-electron chi connectivity index (χ2n) is 10.2. The average Bonchev–Trinajstić information content (AvgIpc) is 3.48. The summed E-state index contributed by atoms with van der Waals surface area (Å²) in [7, 11) is 0. The fraction of sp³-hybridized carbons (Fsp3) is 0.242. The predicted molar refractivity (Wildman–Crippen MR) is 148 cm³/mol. The van der Waals surface area contributed by atoms with E-state index in [1.54, 1.807) is 24.3 Å². The van der Waals surface area contributed by atoms with E-state index < -0.39 is 0 Å². The Hall–Kier alpha value is -4.25. The second-order valence-corrected chi connectivity index (χ2v) is 10.2. The number of fused-ring (bicyclic) bond motifs is 1. The fourth-order valence-corrected chi connectivity index (χ4v) is 5.91. The number of imide groups is 1. The second kappa shape index (κ2) is 10.3. The molecule has 1 aliphatic heterocycles. The van der Waals surface area contributed by atoms with Crippen molar-refractivity contribution < 1.29 is 14.4 Å². The molecule has 0 fully saturated rings. The highest BCUT2D eigenvalue weighted by Crippen LogP contribution is 2.36. The molecule has 6 rings (SSSR count). The first kappa shape index (κ1) is 24.1. The van der Waals surface area contributed by atoms with E-state index in [9.17, 15) is 14.4 Å². The minimum atomic E-state index is -0.230. The molecule has 1 heterocycles. The maximum atomic E-state index is 13.1. The first-order valence-corrected chi connectivity index (χ1v) is 13.4. The highest BCUT2D eigenvalue weighted by atomic mass is 16.2. The largest absolute Gasteiger partial charge is 0.345 e. The molecule has 5 nitrogen and oxygen atoms in total. The van der Waals surface area contributed by atoms with Gasteiger partial charge in [-0.2, -0.15) is 0 Å². The fourth-order valence-electron chi connectivity index (χ4n) is 5.91. The Kier molecular flexibility index (Phi) is 6.50. The molecule has 4 aromatic carbocycles. The Bertz CT molecular complexity index is 1500. The lowest BCUT2D eigenvalue weighted by molar-refractivity contribution is -0.121. The van der Waals surface area contributed by atoms with Gasteiger partial charge in [0, 0.05) is 13.0 Å². The molecule has 38 heavy (non-hydrogen) atoms. The lowest BCUT2D eigenvalue weighted by Crippen LogP contribution is -2.31. The minimum Gasteiger partial charge on any atom is -0.345 e. The van der Waals surface area contributed by atoms with E-state index >= 15 is 0 Å². The van der Waals surface area contributed by atoms with Crippen LogP contribution in [0, 0.1) is 0 Å². The summed E-state index contributed by atoms with van der Waals surface area (Å²) in [5, 5.41) is 5.86. The van der Waals surface area contributed by atoms with Crippen LogP contribution in [0.3, 0.4) is 0 Å². The van der Waals surface area contributed by atoms with Crippen LogP contribution in [-0.4, -0.2) is 29.2 Å². The number of hydrogen-bond donors (Lipinski definition) is 1. The Labute approximate surface area is 222 Å². The standard InChI is InChI=1S/C33H30N2O3/c36-29(16-5-2-8-21-35-32(37)27-13-6-7-14-28(27)33(35)38)34-31(24-10-3-1-4-11-24)26-20-19-23-18-17-22-12-9-15-25(26)30(22)23/h1,3-4,6-7,9-15,19-20,31H,2,5,8,16-18,21H2,(H,34,36)/t31-/m0/s1. The number of hydrogen-bond acceptors (Lipinski definition) is 3. The zero-order valence-electron chi connectivity index (χ0n) is 21.3. The molecule has 0 saturated heterocycles. The summed E-state index contributed by atoms with van der Waals surface area (Å²) < 4.78 is 0. The molecule has 0 radical (unpaired) electrons. The third-order valence-corrected chi connectivity index (χ3v) is 7.82. The van der Waals surface area contributed by atoms with Crippen molar-refractivity contribution in [3.63, 3.8) is 0 Å². The number of carbonyl (C=O) groups is 3. The van der Waals surface area contributed by atoms with Crippen LogP contribution in [0.5, 0.6) is 0 Å². The highest BCUT2D eigenvalue weighted by molar-refractivity contribution is 6.21. The normalized spacial score (nSPS) is 14.7. The summed E-state index contributed by atoms with van der Waals surface area (Å²) in [4.78, 5) is 39.5. The third-order valence-electron chi connectivity index (χ3n) is 7.82. The molecular weight excluding hydrogens is 472 g/mol. The van der Waals surface area contributed by atoms with Crippen LogP contribution in [0.1, 0.15) is 74.7 Å². The molecule has 0 saturated carbocycles. The molecular formula is C33H30N2O3. The topological polar surface area (TPSA) is 66.5 Å². The van der Waals surface area contributed by atoms with Gasteiger partial charge in [-0.05, 0) is 70.8 Å². The van der Waals surface area contributed by atoms with Crippen molar-refractivity contribution in [1.29, 1.82) is 0 Å². The zero-order valence-corrected chi connectivity index (χ0v) is 21.3. The van der Waals surface area contributed by atoms with Crippen LogP contribution in [0.2, 0.25) is 0 Å². The van der Waals surface area contributed by atoms with Crippen LogP contribution < -0.4 is 5.32 Å². The molecule has 2 aliphatic rings. The predicted octanol–water partition coefficient (Wildman–Crippen LogP) is 6.00. The molecule has 0 aromatic heterocycles. The molecule has 190 valence electrons. The van der Waals surface area contributed by atoms with Crippen LogP contribution in [0.4, 0.5) is 0 Å². The Morgan fingerprint density at radius 3 is 2.16 bits per heavy atom. The van der Waals surface area contributed by atoms with E-state index in [0.717, 1.165) is 30.4 Å². The van der Waals surface area contributed by atoms with Gasteiger partial charge in [0.05, 0.1) is 17.2 Å². The van der Waals surface area contributed by atoms with E-state index in [-0.39, 0.29) is 23.8 Å². The number of unbranched alkanes of at least 4 members (excludes halogenated alkanes) is 2. The molecule has 1 aliphatic carbocycles. The molecule has 3 amide bonds. The minimum absolute atomic E-state index is 0.00263. The number of nitrogens with zero attached hydrogens (tertiary/aromatic N) is 1. The van der Waals surface area contributed by atoms with Crippen molar-refractivity contribution in [3.8, 4) is 0 Å². The lowest BCUT2D eigenvalue weighted by atomic mass is 9.91. The van der Waals surface area contributed by atoms with E-state index in [4.69, 9.17) is 0 Å². The number of amides is 3. The quantitative estimate of drug-likeness (QED) is 0.225. The Morgan fingerprint density at radius 2 is 1.42 bits per heavy atom. The smallest absolute Gasteiger partial charge is 0.261 e. The van der Waals surface area contributed by atoms with Crippen molar-refractivity contribution in [1.82, 2.24) is 10.2 Å². The van der Waals surface area contributed by atoms with Crippen LogP contribution >= 0.6 is 0 Å². The summed E-state index contributed by atoms with van der Waals surface area (Å²) in [5.74, 6) is -0.443. The van der Waals surface area contributed by atoms with E-state index in [1.165, 1.54) is 26.8 Å². The van der Waals surface area contributed by atoms with E-state index in [0.29, 0.717) is 36.9 Å². The summed E-state index contributed by atoms with van der Waals surface area (Å²) >= 11 is 0. The Morgan fingerprint density at radius 1 is 0.737 bits per heavy atom. The average molecular weight is 503 g/mol. The van der Waals surface area contributed by atoms with Crippen molar-refractivity contribution >= 4 is 28.5 Å². The summed E-state index contributed by atoms with van der Waals surface area (Å²) in [6, 6.07) is 27.7. The summed E-state index contributed by atoms with van der Waals surface area (Å²) in [6.45, 7) is 0.376. The van der Waals surface area contributed by atoms with Gasteiger partial charge in [0.15, 0.2) is 0 Å². The molecule has 4 aromatic rings. The van der Waals surface area contributed by atoms with Crippen LogP contribution in [0.15, 0.2) is 84.9 Å². The molecule has 0 unspecified atom stereocenters. The molecule has 1 atom stereocenters. The maximum absolute atomic E-state index is 13.1. The molecule has 1 N–H and O–H groups in total. The Balaban J connectivity index is 1.10. The van der Waals surface area contributed by atoms with E-state index in [2.05, 4.69) is 47.8 Å². The van der Waals surface area contributed by atoms with Gasteiger partial charge in [0.25, 0.3) is 11.8 Å². The van der Waals surface area contributed by atoms with Gasteiger partial charge in [-0.1, -0.05) is 79.2 Å².